The smallest absolute Gasteiger partial charge is 0.309 e. The van der Waals surface area contributed by atoms with Gasteiger partial charge in [0.2, 0.25) is 5.82 Å². The zero-order valence-electron chi connectivity index (χ0n) is 33.3. The number of hydrogen-bond donors (Lipinski definition) is 1. The van der Waals surface area contributed by atoms with Crippen LogP contribution in [0.3, 0.4) is 0 Å². The Kier molecular flexibility index (Phi) is 8.74. The number of carbonyl (C=O) groups excluding carboxylic acids is 2. The lowest BCUT2D eigenvalue weighted by Crippen LogP contribution is -2.66. The van der Waals surface area contributed by atoms with E-state index < -0.39 is 28.6 Å². The molecule has 2 aromatic rings. The zero-order chi connectivity index (χ0) is 38.7. The first-order chi connectivity index (χ1) is 24.6. The summed E-state index contributed by atoms with van der Waals surface area (Å²) >= 11 is 0. The molecule has 5 aliphatic rings. The maximum Gasteiger partial charge on any atom is 0.309 e. The molecule has 4 saturated carbocycles. The van der Waals surface area contributed by atoms with Crippen LogP contribution < -0.4 is 0 Å². The van der Waals surface area contributed by atoms with Crippen LogP contribution in [0.15, 0.2) is 23.5 Å². The first-order valence-electron chi connectivity index (χ1n) is 19.7. The van der Waals surface area contributed by atoms with Gasteiger partial charge in [-0.2, -0.15) is 0 Å². The highest BCUT2D eigenvalue weighted by Gasteiger charge is 2.71. The fraction of sp³-hybridized carbons (Fsp3) is 0.738. The lowest BCUT2D eigenvalue weighted by Gasteiger charge is -2.72. The minimum Gasteiger partial charge on any atom is -0.481 e. The molecule has 0 aromatic carbocycles. The second-order valence-electron chi connectivity index (χ2n) is 19.6. The van der Waals surface area contributed by atoms with Crippen LogP contribution in [0.2, 0.25) is 0 Å². The SMILES string of the molecule is CC(C)C1=C2[C@H]3CCC4[C@@]5(C)CC[C@H](OC(=O)CC(C)(C)C(=O)O)C(C)(C)C5CC[C@@]4(C)[C@]3(C)CC[C@@]2(c2nnc(-c3ncc(F)cn3)n2C)CC1=O. The van der Waals surface area contributed by atoms with Gasteiger partial charge in [-0.05, 0) is 116 Å². The molecule has 2 heterocycles. The predicted molar refractivity (Wildman–Crippen MR) is 197 cm³/mol. The van der Waals surface area contributed by atoms with Crippen molar-refractivity contribution in [3.8, 4) is 11.6 Å². The van der Waals surface area contributed by atoms with Gasteiger partial charge in [-0.3, -0.25) is 14.4 Å². The van der Waals surface area contributed by atoms with Crippen molar-refractivity contribution >= 4 is 17.7 Å². The lowest BCUT2D eigenvalue weighted by atomic mass is 9.33. The number of rotatable bonds is 7. The van der Waals surface area contributed by atoms with Gasteiger partial charge in [-0.1, -0.05) is 48.5 Å². The number of hydrogen-bond acceptors (Lipinski definition) is 8. The van der Waals surface area contributed by atoms with E-state index in [4.69, 9.17) is 9.84 Å². The number of esters is 1. The van der Waals surface area contributed by atoms with Crippen LogP contribution in [-0.4, -0.2) is 53.7 Å². The highest BCUT2D eigenvalue weighted by atomic mass is 19.1. The number of allylic oxidation sites excluding steroid dienone is 2. The van der Waals surface area contributed by atoms with Crippen molar-refractivity contribution in [1.29, 1.82) is 0 Å². The first-order valence-corrected chi connectivity index (χ1v) is 19.7. The molecule has 2 unspecified atom stereocenters. The van der Waals surface area contributed by atoms with Crippen molar-refractivity contribution in [3.63, 3.8) is 0 Å². The number of aliphatic carboxylic acids is 1. The molecule has 0 amide bonds. The minimum atomic E-state index is -1.18. The van der Waals surface area contributed by atoms with E-state index in [-0.39, 0.29) is 51.8 Å². The predicted octanol–water partition coefficient (Wildman–Crippen LogP) is 8.06. The summed E-state index contributed by atoms with van der Waals surface area (Å²) in [6, 6.07) is 0. The molecule has 0 saturated heterocycles. The molecule has 53 heavy (non-hydrogen) atoms. The van der Waals surface area contributed by atoms with Gasteiger partial charge in [0.1, 0.15) is 11.9 Å². The number of carboxylic acid groups (broad SMARTS) is 1. The van der Waals surface area contributed by atoms with Crippen LogP contribution in [0, 0.1) is 56.6 Å². The number of halogens is 1. The molecule has 0 aliphatic heterocycles. The number of ketones is 1. The number of nitrogens with zero attached hydrogens (tertiary/aromatic N) is 5. The molecule has 11 heteroatoms. The largest absolute Gasteiger partial charge is 0.481 e. The highest BCUT2D eigenvalue weighted by molar-refractivity contribution is 6.01. The van der Waals surface area contributed by atoms with E-state index in [9.17, 15) is 23.9 Å². The average molecular weight is 732 g/mol. The number of carboxylic acids is 1. The number of ether oxygens (including phenoxy) is 1. The third kappa shape index (κ3) is 5.31. The normalized spacial score (nSPS) is 36.4. The van der Waals surface area contributed by atoms with E-state index in [1.807, 2.05) is 11.6 Å². The molecule has 288 valence electrons. The summed E-state index contributed by atoms with van der Waals surface area (Å²) < 4.78 is 21.8. The second kappa shape index (κ2) is 12.3. The zero-order valence-corrected chi connectivity index (χ0v) is 33.3. The van der Waals surface area contributed by atoms with Gasteiger partial charge in [-0.15, -0.1) is 10.2 Å². The van der Waals surface area contributed by atoms with Gasteiger partial charge >= 0.3 is 11.9 Å². The monoisotopic (exact) mass is 731 g/mol. The Labute approximate surface area is 313 Å². The summed E-state index contributed by atoms with van der Waals surface area (Å²) in [4.78, 5) is 47.5. The van der Waals surface area contributed by atoms with Crippen molar-refractivity contribution in [2.45, 2.75) is 138 Å². The van der Waals surface area contributed by atoms with Gasteiger partial charge < -0.3 is 14.4 Å². The molecule has 2 aromatic heterocycles. The summed E-state index contributed by atoms with van der Waals surface area (Å²) in [7, 11) is 1.91. The quantitative estimate of drug-likeness (QED) is 0.281. The Hall–Kier alpha value is -3.50. The molecule has 0 spiro atoms. The van der Waals surface area contributed by atoms with Crippen LogP contribution in [-0.2, 0) is 31.6 Å². The molecule has 5 aliphatic carbocycles. The molecule has 4 fully saturated rings. The standard InChI is InChI=1S/C42H58FN5O5/c1-23(2)31-26(49)19-42(35-47-46-34(48(35)10)33-44-21-24(43)22-45-33)18-17-40(8)25(32(31)42)11-12-28-39(7)15-14-29(53-30(50)20-37(3,4)36(51)52)38(5,6)27(39)13-16-41(28,40)9/h21-23,25,27-29H,11-20H2,1-10H3,(H,51,52)/t25-,27?,28?,29+,39+,40-,41-,42-/m1/s1. The maximum absolute atomic E-state index is 14.2. The van der Waals surface area contributed by atoms with Crippen molar-refractivity contribution in [2.24, 2.45) is 57.8 Å². The lowest BCUT2D eigenvalue weighted by molar-refractivity contribution is -0.232. The van der Waals surface area contributed by atoms with E-state index >= 15 is 0 Å². The molecule has 10 nitrogen and oxygen atoms in total. The molecule has 7 rings (SSSR count). The minimum absolute atomic E-state index is 0.0200. The maximum atomic E-state index is 14.2. The Bertz CT molecular complexity index is 1880. The molecular weight excluding hydrogens is 673 g/mol. The molecule has 0 bridgehead atoms. The summed E-state index contributed by atoms with van der Waals surface area (Å²) in [6.07, 6.45) is 9.87. The topological polar surface area (TPSA) is 137 Å². The van der Waals surface area contributed by atoms with Gasteiger partial charge in [0.25, 0.3) is 0 Å². The summed E-state index contributed by atoms with van der Waals surface area (Å²) in [5, 5.41) is 18.9. The fourth-order valence-electron chi connectivity index (χ4n) is 13.1. The molecule has 0 radical (unpaired) electrons. The number of carbonyl (C=O) groups is 3. The molecule has 8 atom stereocenters. The van der Waals surface area contributed by atoms with Crippen molar-refractivity contribution in [1.82, 2.24) is 24.7 Å². The first kappa shape index (κ1) is 37.8. The van der Waals surface area contributed by atoms with E-state index in [0.29, 0.717) is 29.9 Å². The average Bonchev–Trinajstić information content (AvgIpc) is 3.60. The van der Waals surface area contributed by atoms with Gasteiger partial charge in [0, 0.05) is 18.9 Å². The van der Waals surface area contributed by atoms with Crippen molar-refractivity contribution in [3.05, 3.63) is 35.2 Å². The summed E-state index contributed by atoms with van der Waals surface area (Å²) in [5.74, 6) is 0.900. The molecular formula is C42H58FN5O5. The Morgan fingerprint density at radius 1 is 0.962 bits per heavy atom. The van der Waals surface area contributed by atoms with E-state index in [0.717, 1.165) is 75.2 Å². The number of Topliss-reactive ketones (excluding diaryl/α,β-unsaturated/α-hetero) is 1. The van der Waals surface area contributed by atoms with Gasteiger partial charge in [-0.25, -0.2) is 14.4 Å². The fourth-order valence-corrected chi connectivity index (χ4v) is 13.1. The van der Waals surface area contributed by atoms with E-state index in [2.05, 4.69) is 63.5 Å². The summed E-state index contributed by atoms with van der Waals surface area (Å²) in [6.45, 7) is 19.5. The Morgan fingerprint density at radius 3 is 2.28 bits per heavy atom. The third-order valence-electron chi connectivity index (χ3n) is 15.9. The third-order valence-corrected chi connectivity index (χ3v) is 15.9. The summed E-state index contributed by atoms with van der Waals surface area (Å²) in [5.41, 5.74) is 0.251. The van der Waals surface area contributed by atoms with Crippen LogP contribution in [0.1, 0.15) is 132 Å². The number of fused-ring (bicyclic) bond motifs is 7. The highest BCUT2D eigenvalue weighted by Crippen LogP contribution is 2.76. The van der Waals surface area contributed by atoms with Crippen molar-refractivity contribution < 1.29 is 28.6 Å². The van der Waals surface area contributed by atoms with E-state index in [1.54, 1.807) is 13.8 Å². The Balaban J connectivity index is 1.22. The van der Waals surface area contributed by atoms with Crippen molar-refractivity contribution in [2.75, 3.05) is 0 Å². The van der Waals surface area contributed by atoms with Gasteiger partial charge in [0.05, 0.1) is 29.6 Å². The van der Waals surface area contributed by atoms with Crippen LogP contribution in [0.5, 0.6) is 0 Å². The molecule has 1 N–H and O–H groups in total. The van der Waals surface area contributed by atoms with E-state index in [1.165, 1.54) is 5.57 Å². The van der Waals surface area contributed by atoms with Crippen LogP contribution in [0.25, 0.3) is 11.6 Å². The Morgan fingerprint density at radius 2 is 1.64 bits per heavy atom. The number of aromatic nitrogens is 5. The van der Waals surface area contributed by atoms with Crippen LogP contribution >= 0.6 is 0 Å². The van der Waals surface area contributed by atoms with Gasteiger partial charge in [0.15, 0.2) is 17.4 Å². The second-order valence-corrected chi connectivity index (χ2v) is 19.6. The van der Waals surface area contributed by atoms with Crippen LogP contribution in [0.4, 0.5) is 4.39 Å².